The van der Waals surface area contributed by atoms with E-state index in [1.54, 1.807) is 0 Å². The maximum absolute atomic E-state index is 12.5. The highest BCUT2D eigenvalue weighted by Crippen LogP contribution is 2.29. The van der Waals surface area contributed by atoms with Crippen LogP contribution in [0.1, 0.15) is 36.0 Å². The van der Waals surface area contributed by atoms with Gasteiger partial charge in [-0.2, -0.15) is 18.2 Å². The average molecular weight is 357 g/mol. The summed E-state index contributed by atoms with van der Waals surface area (Å²) >= 11 is 0. The number of carbonyl (C=O) groups excluding carboxylic acids is 1. The molecule has 6 nitrogen and oxygen atoms in total. The predicted molar refractivity (Wildman–Crippen MR) is 82.6 cm³/mol. The number of nitrogens with zero attached hydrogens (tertiary/aromatic N) is 3. The van der Waals surface area contributed by atoms with Gasteiger partial charge in [-0.25, -0.2) is 0 Å². The Labute approximate surface area is 142 Å². The topological polar surface area (TPSA) is 79.5 Å². The number of hydrogen-bond acceptors (Lipinski definition) is 5. The molecule has 1 aromatic heterocycles. The van der Waals surface area contributed by atoms with Crippen LogP contribution in [-0.2, 0) is 6.18 Å². The van der Waals surface area contributed by atoms with Crippen LogP contribution < -0.4 is 0 Å². The zero-order valence-corrected chi connectivity index (χ0v) is 13.6. The number of hydrogen-bond donors (Lipinski definition) is 1. The number of aliphatic hydroxyl groups is 1. The van der Waals surface area contributed by atoms with Gasteiger partial charge in [-0.3, -0.25) is 4.79 Å². The number of unbranched alkanes of at least 4 members (excludes halogenated alkanes) is 1. The van der Waals surface area contributed by atoms with Crippen molar-refractivity contribution in [1.29, 1.82) is 0 Å². The van der Waals surface area contributed by atoms with Gasteiger partial charge < -0.3 is 14.5 Å². The lowest BCUT2D eigenvalue weighted by molar-refractivity contribution is -0.159. The third kappa shape index (κ3) is 4.79. The van der Waals surface area contributed by atoms with Crippen molar-refractivity contribution in [2.75, 3.05) is 19.7 Å². The summed E-state index contributed by atoms with van der Waals surface area (Å²) in [6.07, 6.45) is -2.98. The Kier molecular flexibility index (Phi) is 6.13. The van der Waals surface area contributed by atoms with Crippen LogP contribution in [0.25, 0.3) is 11.4 Å². The quantitative estimate of drug-likeness (QED) is 0.824. The molecular weight excluding hydrogens is 339 g/mol. The Balaban J connectivity index is 2.15. The first-order valence-corrected chi connectivity index (χ1v) is 7.78. The summed E-state index contributed by atoms with van der Waals surface area (Å²) in [5.41, 5.74) is 0.672. The first kappa shape index (κ1) is 18.9. The molecule has 2 aromatic rings. The number of aromatic nitrogens is 2. The van der Waals surface area contributed by atoms with E-state index in [1.807, 2.05) is 6.92 Å². The second-order valence-electron chi connectivity index (χ2n) is 5.37. The SMILES string of the molecule is CCCCN(CCO)C(=O)c1ccc(-c2noc(C(F)(F)F)n2)cc1. The number of alkyl halides is 3. The van der Waals surface area contributed by atoms with E-state index in [0.717, 1.165) is 12.8 Å². The fourth-order valence-corrected chi connectivity index (χ4v) is 2.18. The highest BCUT2D eigenvalue weighted by molar-refractivity contribution is 5.94. The van der Waals surface area contributed by atoms with E-state index in [4.69, 9.17) is 5.11 Å². The number of benzene rings is 1. The molecule has 9 heteroatoms. The fraction of sp³-hybridized carbons (Fsp3) is 0.438. The lowest BCUT2D eigenvalue weighted by Gasteiger charge is -2.21. The van der Waals surface area contributed by atoms with Crippen molar-refractivity contribution < 1.29 is 27.6 Å². The van der Waals surface area contributed by atoms with E-state index in [0.29, 0.717) is 17.7 Å². The minimum Gasteiger partial charge on any atom is -0.395 e. The Morgan fingerprint density at radius 3 is 2.44 bits per heavy atom. The molecule has 0 atom stereocenters. The Bertz CT molecular complexity index is 699. The number of halogens is 3. The first-order chi connectivity index (χ1) is 11.9. The van der Waals surface area contributed by atoms with Crippen LogP contribution >= 0.6 is 0 Å². The van der Waals surface area contributed by atoms with Crippen molar-refractivity contribution in [3.05, 3.63) is 35.7 Å². The van der Waals surface area contributed by atoms with Gasteiger partial charge in [0.15, 0.2) is 0 Å². The van der Waals surface area contributed by atoms with Gasteiger partial charge in [0.1, 0.15) is 0 Å². The zero-order chi connectivity index (χ0) is 18.4. The van der Waals surface area contributed by atoms with Crippen LogP contribution in [-0.4, -0.2) is 45.8 Å². The Morgan fingerprint density at radius 2 is 1.92 bits per heavy atom. The fourth-order valence-electron chi connectivity index (χ4n) is 2.18. The van der Waals surface area contributed by atoms with Gasteiger partial charge in [-0.05, 0) is 18.6 Å². The Hall–Kier alpha value is -2.42. The van der Waals surface area contributed by atoms with Crippen LogP contribution in [0.3, 0.4) is 0 Å². The molecule has 0 saturated carbocycles. The summed E-state index contributed by atoms with van der Waals surface area (Å²) in [6, 6.07) is 5.87. The summed E-state index contributed by atoms with van der Waals surface area (Å²) < 4.78 is 41.6. The average Bonchev–Trinajstić information content (AvgIpc) is 3.08. The van der Waals surface area contributed by atoms with Gasteiger partial charge in [0.25, 0.3) is 5.91 Å². The molecule has 0 bridgehead atoms. The number of carbonyl (C=O) groups is 1. The molecule has 0 saturated heterocycles. The molecule has 1 amide bonds. The zero-order valence-electron chi connectivity index (χ0n) is 13.6. The van der Waals surface area contributed by atoms with Gasteiger partial charge in [0.2, 0.25) is 5.82 Å². The third-order valence-corrected chi connectivity index (χ3v) is 3.50. The summed E-state index contributed by atoms with van der Waals surface area (Å²) in [7, 11) is 0. The molecule has 0 unspecified atom stereocenters. The minimum atomic E-state index is -4.70. The van der Waals surface area contributed by atoms with Gasteiger partial charge in [0.05, 0.1) is 6.61 Å². The first-order valence-electron chi connectivity index (χ1n) is 7.78. The number of amides is 1. The molecule has 0 aliphatic rings. The summed E-state index contributed by atoms with van der Waals surface area (Å²) in [5.74, 6) is -1.88. The van der Waals surface area contributed by atoms with Crippen molar-refractivity contribution in [2.24, 2.45) is 0 Å². The normalized spacial score (nSPS) is 11.6. The molecule has 136 valence electrons. The van der Waals surface area contributed by atoms with Crippen LogP contribution in [0, 0.1) is 0 Å². The standard InChI is InChI=1S/C16H18F3N3O3/c1-2-3-8-22(9-10-23)14(24)12-6-4-11(5-7-12)13-20-15(25-21-13)16(17,18)19/h4-7,23H,2-3,8-10H2,1H3. The molecule has 1 N–H and O–H groups in total. The van der Waals surface area contributed by atoms with Gasteiger partial charge in [-0.15, -0.1) is 0 Å². The lowest BCUT2D eigenvalue weighted by Crippen LogP contribution is -2.34. The highest BCUT2D eigenvalue weighted by atomic mass is 19.4. The van der Waals surface area contributed by atoms with E-state index >= 15 is 0 Å². The molecule has 1 heterocycles. The van der Waals surface area contributed by atoms with E-state index < -0.39 is 12.1 Å². The maximum Gasteiger partial charge on any atom is 0.471 e. The van der Waals surface area contributed by atoms with Gasteiger partial charge >= 0.3 is 12.1 Å². The van der Waals surface area contributed by atoms with Gasteiger partial charge in [-0.1, -0.05) is 30.6 Å². The van der Waals surface area contributed by atoms with E-state index in [-0.39, 0.29) is 24.9 Å². The van der Waals surface area contributed by atoms with Crippen molar-refractivity contribution in [1.82, 2.24) is 15.0 Å². The minimum absolute atomic E-state index is 0.142. The molecule has 25 heavy (non-hydrogen) atoms. The molecule has 0 fully saturated rings. The van der Waals surface area contributed by atoms with Crippen LogP contribution in [0.15, 0.2) is 28.8 Å². The molecule has 0 radical (unpaired) electrons. The maximum atomic E-state index is 12.5. The highest BCUT2D eigenvalue weighted by Gasteiger charge is 2.38. The van der Waals surface area contributed by atoms with Crippen molar-refractivity contribution in [3.8, 4) is 11.4 Å². The van der Waals surface area contributed by atoms with E-state index in [9.17, 15) is 18.0 Å². The van der Waals surface area contributed by atoms with Crippen LogP contribution in [0.2, 0.25) is 0 Å². The summed E-state index contributed by atoms with van der Waals surface area (Å²) in [5, 5.41) is 12.4. The summed E-state index contributed by atoms with van der Waals surface area (Å²) in [6.45, 7) is 2.60. The molecule has 0 aliphatic heterocycles. The molecule has 1 aromatic carbocycles. The summed E-state index contributed by atoms with van der Waals surface area (Å²) in [4.78, 5) is 17.3. The molecular formula is C16H18F3N3O3. The molecule has 0 spiro atoms. The van der Waals surface area contributed by atoms with Crippen molar-refractivity contribution in [2.45, 2.75) is 25.9 Å². The second kappa shape index (κ2) is 8.11. The van der Waals surface area contributed by atoms with Crippen molar-refractivity contribution >= 4 is 5.91 Å². The molecule has 0 aliphatic carbocycles. The Morgan fingerprint density at radius 1 is 1.24 bits per heavy atom. The molecule has 2 rings (SSSR count). The van der Waals surface area contributed by atoms with Crippen LogP contribution in [0.4, 0.5) is 13.2 Å². The predicted octanol–water partition coefficient (Wildman–Crippen LogP) is 2.99. The van der Waals surface area contributed by atoms with E-state index in [2.05, 4.69) is 14.7 Å². The van der Waals surface area contributed by atoms with Gasteiger partial charge in [0, 0.05) is 24.2 Å². The van der Waals surface area contributed by atoms with E-state index in [1.165, 1.54) is 29.2 Å². The van der Waals surface area contributed by atoms with Crippen molar-refractivity contribution in [3.63, 3.8) is 0 Å². The second-order valence-corrected chi connectivity index (χ2v) is 5.37. The largest absolute Gasteiger partial charge is 0.471 e. The lowest BCUT2D eigenvalue weighted by atomic mass is 10.1. The van der Waals surface area contributed by atoms with Crippen LogP contribution in [0.5, 0.6) is 0 Å². The number of rotatable bonds is 7. The monoisotopic (exact) mass is 357 g/mol. The number of aliphatic hydroxyl groups excluding tert-OH is 1. The third-order valence-electron chi connectivity index (χ3n) is 3.50. The smallest absolute Gasteiger partial charge is 0.395 e.